The van der Waals surface area contributed by atoms with Crippen LogP contribution in [0, 0.1) is 0 Å². The zero-order valence-electron chi connectivity index (χ0n) is 11.5. The van der Waals surface area contributed by atoms with Gasteiger partial charge in [-0.25, -0.2) is 0 Å². The Bertz CT molecular complexity index is 410. The van der Waals surface area contributed by atoms with E-state index in [0.717, 1.165) is 5.56 Å². The monoisotopic (exact) mass is 309 g/mol. The molecule has 0 aliphatic heterocycles. The second kappa shape index (κ2) is 7.86. The summed E-state index contributed by atoms with van der Waals surface area (Å²) in [7, 11) is 0. The Kier molecular flexibility index (Phi) is 6.79. The van der Waals surface area contributed by atoms with Gasteiger partial charge in [0.05, 0.1) is 6.61 Å². The molecule has 0 spiro atoms. The summed E-state index contributed by atoms with van der Waals surface area (Å²) in [5, 5.41) is 3.74. The molecule has 0 radical (unpaired) electrons. The number of hydrogen-bond donors (Lipinski definition) is 1. The maximum Gasteiger partial charge on any atom is 0.411 e. The molecule has 114 valence electrons. The number of rotatable bonds is 7. The van der Waals surface area contributed by atoms with Crippen LogP contribution in [0.3, 0.4) is 0 Å². The van der Waals surface area contributed by atoms with Crippen molar-refractivity contribution in [3.05, 3.63) is 34.9 Å². The van der Waals surface area contributed by atoms with E-state index < -0.39 is 12.8 Å². The van der Waals surface area contributed by atoms with Crippen LogP contribution in [0.1, 0.15) is 25.3 Å². The fourth-order valence-corrected chi connectivity index (χ4v) is 2.05. The number of nitrogens with one attached hydrogen (secondary N) is 1. The average molecular weight is 310 g/mol. The van der Waals surface area contributed by atoms with Gasteiger partial charge in [-0.15, -0.1) is 0 Å². The Labute approximate surface area is 122 Å². The molecular weight excluding hydrogens is 291 g/mol. The van der Waals surface area contributed by atoms with E-state index in [2.05, 4.69) is 5.32 Å². The van der Waals surface area contributed by atoms with E-state index in [4.69, 9.17) is 16.3 Å². The van der Waals surface area contributed by atoms with Gasteiger partial charge in [0.2, 0.25) is 0 Å². The number of benzene rings is 1. The topological polar surface area (TPSA) is 21.3 Å². The van der Waals surface area contributed by atoms with E-state index in [0.29, 0.717) is 11.6 Å². The van der Waals surface area contributed by atoms with E-state index in [-0.39, 0.29) is 18.6 Å². The van der Waals surface area contributed by atoms with Crippen molar-refractivity contribution in [3.8, 4) is 0 Å². The number of halogens is 4. The Morgan fingerprint density at radius 3 is 2.45 bits per heavy atom. The molecule has 0 saturated carbocycles. The van der Waals surface area contributed by atoms with E-state index in [1.807, 2.05) is 26.0 Å². The van der Waals surface area contributed by atoms with E-state index in [9.17, 15) is 13.2 Å². The third kappa shape index (κ3) is 6.59. The molecule has 0 bridgehead atoms. The van der Waals surface area contributed by atoms with Crippen LogP contribution in [-0.2, 0) is 4.74 Å². The van der Waals surface area contributed by atoms with E-state index >= 15 is 0 Å². The maximum atomic E-state index is 12.1. The van der Waals surface area contributed by atoms with Crippen molar-refractivity contribution in [3.63, 3.8) is 0 Å². The first-order valence-electron chi connectivity index (χ1n) is 6.42. The zero-order chi connectivity index (χ0) is 15.2. The second-order valence-electron chi connectivity index (χ2n) is 4.91. The molecule has 0 amide bonds. The van der Waals surface area contributed by atoms with E-state index in [1.165, 1.54) is 0 Å². The summed E-state index contributed by atoms with van der Waals surface area (Å²) in [5.41, 5.74) is 0.796. The summed E-state index contributed by atoms with van der Waals surface area (Å²) in [6.45, 7) is 3.19. The van der Waals surface area contributed by atoms with Gasteiger partial charge in [0.25, 0.3) is 0 Å². The Hall–Kier alpha value is -0.780. The van der Waals surface area contributed by atoms with Crippen molar-refractivity contribution in [1.29, 1.82) is 0 Å². The molecule has 0 saturated heterocycles. The average Bonchev–Trinajstić information content (AvgIpc) is 2.33. The maximum absolute atomic E-state index is 12.1. The van der Waals surface area contributed by atoms with Crippen LogP contribution in [0.2, 0.25) is 5.02 Å². The van der Waals surface area contributed by atoms with Crippen LogP contribution in [-0.4, -0.2) is 32.0 Å². The minimum Gasteiger partial charge on any atom is -0.371 e. The van der Waals surface area contributed by atoms with Gasteiger partial charge in [-0.2, -0.15) is 13.2 Å². The molecule has 6 heteroatoms. The van der Waals surface area contributed by atoms with Crippen LogP contribution in [0.5, 0.6) is 0 Å². The minimum atomic E-state index is -4.31. The highest BCUT2D eigenvalue weighted by Crippen LogP contribution is 2.25. The summed E-state index contributed by atoms with van der Waals surface area (Å²) in [6.07, 6.45) is -4.31. The molecule has 0 fully saturated rings. The Morgan fingerprint density at radius 1 is 1.25 bits per heavy atom. The molecule has 1 atom stereocenters. The number of ether oxygens (including phenoxy) is 1. The van der Waals surface area contributed by atoms with Crippen molar-refractivity contribution < 1.29 is 17.9 Å². The summed E-state index contributed by atoms with van der Waals surface area (Å²) in [6, 6.07) is 7.38. The van der Waals surface area contributed by atoms with Crippen LogP contribution < -0.4 is 5.32 Å². The van der Waals surface area contributed by atoms with Gasteiger partial charge in [0.15, 0.2) is 0 Å². The molecule has 0 aliphatic rings. The summed E-state index contributed by atoms with van der Waals surface area (Å²) in [5.74, 6) is -0.214. The molecule has 1 aromatic rings. The lowest BCUT2D eigenvalue weighted by atomic mass is 9.99. The van der Waals surface area contributed by atoms with Crippen LogP contribution in [0.25, 0.3) is 0 Å². The highest BCUT2D eigenvalue weighted by molar-refractivity contribution is 6.31. The normalized spacial score (nSPS) is 13.8. The molecule has 1 N–H and O–H groups in total. The van der Waals surface area contributed by atoms with Crippen molar-refractivity contribution in [1.82, 2.24) is 5.32 Å². The SMILES string of the molecule is CC(C)NCC(COCC(F)(F)F)c1ccccc1Cl. The zero-order valence-corrected chi connectivity index (χ0v) is 12.3. The standard InChI is InChI=1S/C14H19ClF3NO/c1-10(2)19-7-11(8-20-9-14(16,17)18)12-5-3-4-6-13(12)15/h3-6,10-11,19H,7-9H2,1-2H3. The summed E-state index contributed by atoms with van der Waals surface area (Å²) >= 11 is 6.10. The van der Waals surface area contributed by atoms with Gasteiger partial charge in [-0.05, 0) is 11.6 Å². The van der Waals surface area contributed by atoms with Gasteiger partial charge >= 0.3 is 6.18 Å². The van der Waals surface area contributed by atoms with Crippen molar-refractivity contribution in [2.24, 2.45) is 0 Å². The molecule has 2 nitrogen and oxygen atoms in total. The molecular formula is C14H19ClF3NO. The minimum absolute atomic E-state index is 0.0248. The van der Waals surface area contributed by atoms with Gasteiger partial charge in [-0.1, -0.05) is 43.6 Å². The predicted molar refractivity (Wildman–Crippen MR) is 74.2 cm³/mol. The molecule has 0 aliphatic carbocycles. The number of alkyl halides is 3. The number of hydrogen-bond acceptors (Lipinski definition) is 2. The summed E-state index contributed by atoms with van der Waals surface area (Å²) in [4.78, 5) is 0. The molecule has 1 rings (SSSR count). The van der Waals surface area contributed by atoms with Crippen molar-refractivity contribution >= 4 is 11.6 Å². The molecule has 0 aromatic heterocycles. The first kappa shape index (κ1) is 17.3. The fourth-order valence-electron chi connectivity index (χ4n) is 1.76. The highest BCUT2D eigenvalue weighted by Gasteiger charge is 2.28. The third-order valence-electron chi connectivity index (χ3n) is 2.70. The van der Waals surface area contributed by atoms with E-state index in [1.54, 1.807) is 12.1 Å². The van der Waals surface area contributed by atoms with Crippen LogP contribution in [0.4, 0.5) is 13.2 Å². The predicted octanol–water partition coefficient (Wildman–Crippen LogP) is 4.00. The Balaban J connectivity index is 2.68. The smallest absolute Gasteiger partial charge is 0.371 e. The van der Waals surface area contributed by atoms with Gasteiger partial charge in [0, 0.05) is 23.5 Å². The molecule has 0 heterocycles. The van der Waals surface area contributed by atoms with Gasteiger partial charge in [-0.3, -0.25) is 0 Å². The van der Waals surface area contributed by atoms with Gasteiger partial charge < -0.3 is 10.1 Å². The molecule has 1 aromatic carbocycles. The lowest BCUT2D eigenvalue weighted by molar-refractivity contribution is -0.174. The molecule has 20 heavy (non-hydrogen) atoms. The highest BCUT2D eigenvalue weighted by atomic mass is 35.5. The summed E-state index contributed by atoms with van der Waals surface area (Å²) < 4.78 is 41.2. The largest absolute Gasteiger partial charge is 0.411 e. The first-order chi connectivity index (χ1) is 9.29. The van der Waals surface area contributed by atoms with Crippen LogP contribution in [0.15, 0.2) is 24.3 Å². The first-order valence-corrected chi connectivity index (χ1v) is 6.79. The van der Waals surface area contributed by atoms with Crippen molar-refractivity contribution in [2.75, 3.05) is 19.8 Å². The lowest BCUT2D eigenvalue weighted by Crippen LogP contribution is -2.31. The Morgan fingerprint density at radius 2 is 1.90 bits per heavy atom. The second-order valence-corrected chi connectivity index (χ2v) is 5.32. The lowest BCUT2D eigenvalue weighted by Gasteiger charge is -2.21. The quantitative estimate of drug-likeness (QED) is 0.822. The van der Waals surface area contributed by atoms with Crippen molar-refractivity contribution in [2.45, 2.75) is 32.0 Å². The van der Waals surface area contributed by atoms with Crippen LogP contribution >= 0.6 is 11.6 Å². The fraction of sp³-hybridized carbons (Fsp3) is 0.571. The third-order valence-corrected chi connectivity index (χ3v) is 3.05. The van der Waals surface area contributed by atoms with Gasteiger partial charge in [0.1, 0.15) is 6.61 Å². The molecule has 1 unspecified atom stereocenters.